The van der Waals surface area contributed by atoms with Crippen LogP contribution in [0.2, 0.25) is 0 Å². The lowest BCUT2D eigenvalue weighted by Crippen LogP contribution is -2.47. The maximum Gasteiger partial charge on any atom is 0.419 e. The van der Waals surface area contributed by atoms with E-state index in [1.807, 2.05) is 37.3 Å². The third-order valence-corrected chi connectivity index (χ3v) is 17.2. The second-order valence-electron chi connectivity index (χ2n) is 23.7. The van der Waals surface area contributed by atoms with Gasteiger partial charge in [-0.15, -0.1) is 0 Å². The lowest BCUT2D eigenvalue weighted by atomic mass is 9.51. The Morgan fingerprint density at radius 2 is 1.26 bits per heavy atom. The van der Waals surface area contributed by atoms with Crippen LogP contribution in [0.4, 0.5) is 11.4 Å². The van der Waals surface area contributed by atoms with Crippen molar-refractivity contribution in [2.24, 2.45) is 27.9 Å². The fourth-order valence-electron chi connectivity index (χ4n) is 12.5. The number of nitrogens with two attached hydrogens (primary N) is 4. The van der Waals surface area contributed by atoms with Crippen molar-refractivity contribution in [3.63, 3.8) is 0 Å². The number of rotatable bonds is 36. The number of allylic oxidation sites excluding steroid dienone is 4. The summed E-state index contributed by atoms with van der Waals surface area (Å²) < 4.78 is 10.6. The van der Waals surface area contributed by atoms with Gasteiger partial charge in [0.2, 0.25) is 29.5 Å². The zero-order chi connectivity index (χ0) is 63.2. The molecule has 3 aliphatic carbocycles. The molecule has 2 heterocycles. The fourth-order valence-corrected chi connectivity index (χ4v) is 12.5. The topological polar surface area (TPSA) is 325 Å². The number of anilines is 2. The van der Waals surface area contributed by atoms with Crippen molar-refractivity contribution in [3.05, 3.63) is 127 Å². The van der Waals surface area contributed by atoms with Gasteiger partial charge in [-0.05, 0) is 154 Å². The quantitative estimate of drug-likeness (QED) is 0.0172. The molecule has 21 nitrogen and oxygen atoms in total. The Bertz CT molecular complexity index is 3210. The van der Waals surface area contributed by atoms with Crippen LogP contribution in [0.5, 0.6) is 0 Å². The van der Waals surface area contributed by atoms with Gasteiger partial charge in [-0.3, -0.25) is 33.8 Å². The summed E-state index contributed by atoms with van der Waals surface area (Å²) in [5.74, 6) is -2.72. The van der Waals surface area contributed by atoms with Crippen molar-refractivity contribution < 1.29 is 37.9 Å². The van der Waals surface area contributed by atoms with Gasteiger partial charge in [0.15, 0.2) is 0 Å². The highest BCUT2D eigenvalue weighted by Crippen LogP contribution is 2.61. The molecule has 4 aliphatic rings. The predicted octanol–water partition coefficient (Wildman–Crippen LogP) is 7.43. The van der Waals surface area contributed by atoms with Gasteiger partial charge in [0.1, 0.15) is 6.04 Å². The molecule has 0 radical (unpaired) electrons. The number of likely N-dealkylation sites (tertiary alicyclic amines) is 1. The number of aromatic nitrogens is 1. The van der Waals surface area contributed by atoms with Crippen LogP contribution in [0.1, 0.15) is 180 Å². The molecule has 1 aromatic heterocycles. The minimum absolute atomic E-state index is 0.0430. The molecule has 88 heavy (non-hydrogen) atoms. The number of nitrogens with one attached hydrogen (secondary N) is 3. The molecule has 2 bridgehead atoms. The van der Waals surface area contributed by atoms with Crippen molar-refractivity contribution in [1.82, 2.24) is 19.7 Å². The Labute approximate surface area is 516 Å². The van der Waals surface area contributed by atoms with Gasteiger partial charge in [-0.25, -0.2) is 14.6 Å². The van der Waals surface area contributed by atoms with Gasteiger partial charge in [0, 0.05) is 99.9 Å². The number of nitrogens with zero attached hydrogens (tertiary/aromatic N) is 4. The first-order valence-corrected chi connectivity index (χ1v) is 31.8. The monoisotopic (exact) mass is 1210 g/mol. The van der Waals surface area contributed by atoms with E-state index in [4.69, 9.17) is 27.7 Å². The Morgan fingerprint density at radius 1 is 0.716 bits per heavy atom. The molecule has 0 unspecified atom stereocenters. The molecule has 1 aliphatic heterocycles. The molecular weight excluding hydrogens is 1120 g/mol. The second kappa shape index (κ2) is 33.8. The first-order chi connectivity index (χ1) is 42.5. The van der Waals surface area contributed by atoms with E-state index in [1.54, 1.807) is 25.2 Å². The number of amides is 6. The maximum atomic E-state index is 14.7. The average molecular weight is 1210 g/mol. The molecule has 3 aromatic carbocycles. The fraction of sp³-hybridized carbons (Fsp3) is 0.537. The van der Waals surface area contributed by atoms with Gasteiger partial charge >= 0.3 is 11.4 Å². The van der Waals surface area contributed by atoms with Crippen LogP contribution in [-0.4, -0.2) is 140 Å². The predicted molar refractivity (Wildman–Crippen MR) is 344 cm³/mol. The summed E-state index contributed by atoms with van der Waals surface area (Å²) in [5.41, 5.74) is 28.5. The lowest BCUT2D eigenvalue weighted by molar-refractivity contribution is -0.134. The smallest absolute Gasteiger partial charge is 0.378 e. The van der Waals surface area contributed by atoms with Crippen LogP contribution < -0.4 is 44.9 Å². The average Bonchev–Trinajstić information content (AvgIpc) is 0.782. The number of unbranched alkanes of at least 4 members (excludes halogenated alkanes) is 12. The molecule has 8 rings (SSSR count). The third-order valence-electron chi connectivity index (χ3n) is 17.2. The number of aliphatic imine (C=N–C) groups is 1. The highest BCUT2D eigenvalue weighted by atomic mass is 16.5. The van der Waals surface area contributed by atoms with Crippen molar-refractivity contribution in [1.29, 1.82) is 0 Å². The van der Waals surface area contributed by atoms with Crippen molar-refractivity contribution >= 4 is 63.9 Å². The van der Waals surface area contributed by atoms with Crippen LogP contribution in [-0.2, 0) is 34.1 Å². The SMILES string of the molecule is C/C=C\C1=C(/C=N/C(=O)CCCCCCCN)C2(CCC(=O)N(C)CCOCCN(C)C(=O)[C@@H]3C[C@H](N)CN3C(=O)c3ccc4c(=O)oc(=O)[nH]c4c3)c3cc(NC(=O)CCCCCCCN)ccc3C1c1ccc(NC(=O)CCCCCCCN)cc12. The number of hydrogen-bond acceptors (Lipinski definition) is 14. The Kier molecular flexibility index (Phi) is 26.1. The molecule has 21 heteroatoms. The summed E-state index contributed by atoms with van der Waals surface area (Å²) in [5, 5.41) is 6.45. The molecule has 1 saturated heterocycles. The zero-order valence-corrected chi connectivity index (χ0v) is 51.8. The zero-order valence-electron chi connectivity index (χ0n) is 51.8. The van der Waals surface area contributed by atoms with Gasteiger partial charge in [-0.2, -0.15) is 0 Å². The van der Waals surface area contributed by atoms with Crippen LogP contribution in [0, 0.1) is 0 Å². The van der Waals surface area contributed by atoms with E-state index >= 15 is 0 Å². The van der Waals surface area contributed by atoms with Crippen molar-refractivity contribution in [2.45, 2.75) is 165 Å². The lowest BCUT2D eigenvalue weighted by Gasteiger charge is -2.51. The summed E-state index contributed by atoms with van der Waals surface area (Å²) in [4.78, 5) is 119. The Balaban J connectivity index is 1.11. The number of benzene rings is 3. The molecule has 11 N–H and O–H groups in total. The molecule has 1 fully saturated rings. The number of fused-ring (bicyclic) bond motifs is 1. The number of carbonyl (C=O) groups is 6. The Morgan fingerprint density at radius 3 is 1.83 bits per heavy atom. The van der Waals surface area contributed by atoms with E-state index in [1.165, 1.54) is 28.0 Å². The molecule has 4 aromatic rings. The number of carbonyl (C=O) groups excluding carboxylic acids is 6. The van der Waals surface area contributed by atoms with Crippen LogP contribution >= 0.6 is 0 Å². The summed E-state index contributed by atoms with van der Waals surface area (Å²) in [6.45, 7) is 4.67. The first-order valence-electron chi connectivity index (χ1n) is 31.8. The number of aromatic amines is 1. The van der Waals surface area contributed by atoms with E-state index in [9.17, 15) is 38.4 Å². The molecule has 0 spiro atoms. The van der Waals surface area contributed by atoms with Gasteiger partial charge in [0.05, 0.1) is 24.1 Å². The van der Waals surface area contributed by atoms with E-state index in [0.29, 0.717) is 50.3 Å². The molecular formula is C67H93N11O10. The highest BCUT2D eigenvalue weighted by molar-refractivity contribution is 6.01. The standard InChI is InChI=1S/C67H93N11O10/c1-4-20-49-55(43-72-58(79)21-14-8-5-11-17-32-68)67(31-30-61(82)76(2)35-37-87-38-36-77(3)64(84)57-40-46(71)44-78(57)63(83)45-24-27-52-56(39-45)75-66(86)88-65(52)85)53-41-47(73-59(80)22-15-9-6-12-18-33-69)25-28-50(53)62(49)51-29-26-48(42-54(51)67)74-60(81)23-16-10-7-13-19-34-70/h4,20,24-29,39,41-43,46,57,62H,5-19,21-23,30-38,40,44,68-71H2,1-3H3,(H,73,80)(H,74,81)(H,75,86)/b20-4-,72-43+/t46-,57-,62?,67?/m0/s1. The van der Waals surface area contributed by atoms with E-state index in [-0.39, 0.29) is 110 Å². The van der Waals surface area contributed by atoms with E-state index in [0.717, 1.165) is 123 Å². The maximum absolute atomic E-state index is 14.7. The first kappa shape index (κ1) is 68.1. The van der Waals surface area contributed by atoms with Crippen LogP contribution in [0.3, 0.4) is 0 Å². The highest BCUT2D eigenvalue weighted by Gasteiger charge is 2.52. The number of H-pyrrole nitrogens is 1. The molecule has 6 amide bonds. The summed E-state index contributed by atoms with van der Waals surface area (Å²) in [6.07, 6.45) is 21.0. The largest absolute Gasteiger partial charge is 0.419 e. The second-order valence-corrected chi connectivity index (χ2v) is 23.7. The van der Waals surface area contributed by atoms with E-state index in [2.05, 4.69) is 43.2 Å². The molecule has 0 saturated carbocycles. The van der Waals surface area contributed by atoms with Gasteiger partial charge in [-0.1, -0.05) is 82.1 Å². The third kappa shape index (κ3) is 17.7. The summed E-state index contributed by atoms with van der Waals surface area (Å²) >= 11 is 0. The van der Waals surface area contributed by atoms with Crippen LogP contribution in [0.25, 0.3) is 10.9 Å². The number of likely N-dealkylation sites (N-methyl/N-ethyl adjacent to an activating group) is 2. The Hall–Kier alpha value is -7.43. The molecule has 2 atom stereocenters. The van der Waals surface area contributed by atoms with Crippen molar-refractivity contribution in [3.8, 4) is 0 Å². The van der Waals surface area contributed by atoms with E-state index < -0.39 is 34.8 Å². The summed E-state index contributed by atoms with van der Waals surface area (Å²) in [6, 6.07) is 14.9. The van der Waals surface area contributed by atoms with Crippen molar-refractivity contribution in [2.75, 3.05) is 77.2 Å². The minimum Gasteiger partial charge on any atom is -0.378 e. The summed E-state index contributed by atoms with van der Waals surface area (Å²) in [7, 11) is 3.33. The normalized spacial score (nSPS) is 17.7. The number of ether oxygens (including phenoxy) is 1. The van der Waals surface area contributed by atoms with Gasteiger partial charge in [0.25, 0.3) is 5.91 Å². The molecule has 476 valence electrons. The van der Waals surface area contributed by atoms with Crippen LogP contribution in [0.15, 0.2) is 96.9 Å². The minimum atomic E-state index is -1.10. The van der Waals surface area contributed by atoms with Gasteiger partial charge < -0.3 is 57.4 Å². The number of hydrogen-bond donors (Lipinski definition) is 7.